The zero-order valence-electron chi connectivity index (χ0n) is 8.71. The third-order valence-corrected chi connectivity index (χ3v) is 2.56. The van der Waals surface area contributed by atoms with Gasteiger partial charge in [0.2, 0.25) is 5.91 Å². The van der Waals surface area contributed by atoms with Gasteiger partial charge >= 0.3 is 0 Å². The first-order valence-electron chi connectivity index (χ1n) is 4.93. The lowest BCUT2D eigenvalue weighted by Crippen LogP contribution is -2.19. The summed E-state index contributed by atoms with van der Waals surface area (Å²) in [4.78, 5) is 10.9. The van der Waals surface area contributed by atoms with Crippen LogP contribution in [0.3, 0.4) is 0 Å². The summed E-state index contributed by atoms with van der Waals surface area (Å²) in [5.41, 5.74) is 5.91. The topological polar surface area (TPSA) is 83.6 Å². The van der Waals surface area contributed by atoms with Crippen molar-refractivity contribution in [3.8, 4) is 0 Å². The smallest absolute Gasteiger partial charge is 0.248 e. The summed E-state index contributed by atoms with van der Waals surface area (Å²) in [5, 5.41) is 19.4. The zero-order valence-corrected chi connectivity index (χ0v) is 9.60. The summed E-state index contributed by atoms with van der Waals surface area (Å²) in [7, 11) is 0. The summed E-state index contributed by atoms with van der Waals surface area (Å²) in [6.45, 7) is 0. The fraction of sp³-hybridized carbons (Fsp3) is 0.364. The number of hydrogen-bond donors (Lipinski definition) is 4. The van der Waals surface area contributed by atoms with Crippen molar-refractivity contribution in [3.63, 3.8) is 0 Å². The molecule has 0 aliphatic rings. The van der Waals surface area contributed by atoms with Crippen molar-refractivity contribution in [2.45, 2.75) is 18.6 Å². The molecule has 4 nitrogen and oxygen atoms in total. The Morgan fingerprint density at radius 2 is 2.12 bits per heavy atom. The summed E-state index contributed by atoms with van der Waals surface area (Å²) in [5.74, 6) is -0.0778. The number of carbonyl (C=O) groups excluding carboxylic acids is 1. The van der Waals surface area contributed by atoms with Crippen LogP contribution in [0, 0.1) is 0 Å². The molecule has 1 aromatic carbocycles. The number of carbonyl (C=O) groups is 1. The van der Waals surface area contributed by atoms with Crippen LogP contribution in [-0.2, 0) is 0 Å². The molecular formula is C11H15NO3S. The van der Waals surface area contributed by atoms with E-state index >= 15 is 0 Å². The standard InChI is InChI=1S/C11H15NO3S/c12-11(15)8-3-1-2-7(6-8)10(14)9(13)4-5-16/h1-3,6,9-10,13-14,16H,4-5H2,(H2,12,15). The molecule has 0 spiro atoms. The van der Waals surface area contributed by atoms with Crippen LogP contribution in [0.1, 0.15) is 28.4 Å². The second kappa shape index (κ2) is 5.89. The lowest BCUT2D eigenvalue weighted by atomic mass is 10.0. The predicted molar refractivity (Wildman–Crippen MR) is 64.4 cm³/mol. The van der Waals surface area contributed by atoms with Gasteiger partial charge in [-0.25, -0.2) is 0 Å². The molecule has 2 unspecified atom stereocenters. The van der Waals surface area contributed by atoms with E-state index < -0.39 is 18.1 Å². The van der Waals surface area contributed by atoms with Crippen LogP contribution in [0.2, 0.25) is 0 Å². The highest BCUT2D eigenvalue weighted by molar-refractivity contribution is 7.80. The number of nitrogens with two attached hydrogens (primary N) is 1. The Balaban J connectivity index is 2.86. The predicted octanol–water partition coefficient (Wildman–Crippen LogP) is 0.500. The van der Waals surface area contributed by atoms with Crippen molar-refractivity contribution in [1.82, 2.24) is 0 Å². The molecule has 0 aliphatic carbocycles. The minimum Gasteiger partial charge on any atom is -0.390 e. The molecule has 0 saturated carbocycles. The van der Waals surface area contributed by atoms with Crippen molar-refractivity contribution in [2.24, 2.45) is 5.73 Å². The van der Waals surface area contributed by atoms with Crippen LogP contribution in [0.25, 0.3) is 0 Å². The third kappa shape index (κ3) is 3.23. The molecule has 0 heterocycles. The SMILES string of the molecule is NC(=O)c1cccc(C(O)C(O)CCS)c1. The van der Waals surface area contributed by atoms with Crippen LogP contribution in [0.4, 0.5) is 0 Å². The minimum atomic E-state index is -1.02. The van der Waals surface area contributed by atoms with Crippen molar-refractivity contribution >= 4 is 18.5 Å². The Hall–Kier alpha value is -1.04. The average molecular weight is 241 g/mol. The molecule has 4 N–H and O–H groups in total. The Morgan fingerprint density at radius 1 is 1.44 bits per heavy atom. The largest absolute Gasteiger partial charge is 0.390 e. The van der Waals surface area contributed by atoms with Crippen molar-refractivity contribution in [1.29, 1.82) is 0 Å². The second-order valence-corrected chi connectivity index (χ2v) is 3.96. The Labute approximate surface area is 99.5 Å². The van der Waals surface area contributed by atoms with Gasteiger partial charge in [-0.3, -0.25) is 4.79 Å². The van der Waals surface area contributed by atoms with Crippen LogP contribution in [-0.4, -0.2) is 28.0 Å². The quantitative estimate of drug-likeness (QED) is 0.566. The number of benzene rings is 1. The third-order valence-electron chi connectivity index (χ3n) is 2.30. The van der Waals surface area contributed by atoms with Crippen molar-refractivity contribution in [3.05, 3.63) is 35.4 Å². The first-order chi connectivity index (χ1) is 7.56. The van der Waals surface area contributed by atoms with Gasteiger partial charge in [-0.1, -0.05) is 12.1 Å². The number of aliphatic hydroxyl groups is 2. The van der Waals surface area contributed by atoms with Crippen LogP contribution < -0.4 is 5.73 Å². The molecule has 2 atom stereocenters. The van der Waals surface area contributed by atoms with E-state index in [1.54, 1.807) is 18.2 Å². The molecule has 0 aromatic heterocycles. The van der Waals surface area contributed by atoms with Gasteiger partial charge in [-0.05, 0) is 29.9 Å². The second-order valence-electron chi connectivity index (χ2n) is 3.51. The van der Waals surface area contributed by atoms with E-state index in [1.807, 2.05) is 0 Å². The number of aliphatic hydroxyl groups excluding tert-OH is 2. The molecule has 88 valence electrons. The maximum Gasteiger partial charge on any atom is 0.248 e. The van der Waals surface area contributed by atoms with Gasteiger partial charge < -0.3 is 15.9 Å². The molecule has 0 saturated heterocycles. The van der Waals surface area contributed by atoms with Gasteiger partial charge in [0, 0.05) is 5.56 Å². The number of amides is 1. The van der Waals surface area contributed by atoms with E-state index in [1.165, 1.54) is 6.07 Å². The van der Waals surface area contributed by atoms with Gasteiger partial charge in [-0.15, -0.1) is 0 Å². The maximum atomic E-state index is 10.9. The number of primary amides is 1. The van der Waals surface area contributed by atoms with Crippen LogP contribution in [0.15, 0.2) is 24.3 Å². The zero-order chi connectivity index (χ0) is 12.1. The van der Waals surface area contributed by atoms with Gasteiger partial charge in [0.25, 0.3) is 0 Å². The maximum absolute atomic E-state index is 10.9. The lowest BCUT2D eigenvalue weighted by Gasteiger charge is -2.17. The monoisotopic (exact) mass is 241 g/mol. The first-order valence-corrected chi connectivity index (χ1v) is 5.56. The van der Waals surface area contributed by atoms with E-state index in [9.17, 15) is 15.0 Å². The fourth-order valence-corrected chi connectivity index (χ4v) is 1.65. The van der Waals surface area contributed by atoms with Gasteiger partial charge in [0.15, 0.2) is 0 Å². The Kier molecular flexibility index (Phi) is 4.79. The summed E-state index contributed by atoms with van der Waals surface area (Å²) in [6.07, 6.45) is -1.53. The van der Waals surface area contributed by atoms with Crippen molar-refractivity contribution in [2.75, 3.05) is 5.75 Å². The van der Waals surface area contributed by atoms with Gasteiger partial charge in [-0.2, -0.15) is 12.6 Å². The van der Waals surface area contributed by atoms with Gasteiger partial charge in [0.05, 0.1) is 6.10 Å². The molecule has 5 heteroatoms. The van der Waals surface area contributed by atoms with Crippen LogP contribution in [0.5, 0.6) is 0 Å². The van der Waals surface area contributed by atoms with E-state index in [2.05, 4.69) is 12.6 Å². The normalized spacial score (nSPS) is 14.4. The minimum absolute atomic E-state index is 0.314. The highest BCUT2D eigenvalue weighted by Crippen LogP contribution is 2.20. The molecule has 1 amide bonds. The van der Waals surface area contributed by atoms with E-state index in [0.717, 1.165) is 0 Å². The lowest BCUT2D eigenvalue weighted by molar-refractivity contribution is 0.0172. The van der Waals surface area contributed by atoms with Crippen LogP contribution >= 0.6 is 12.6 Å². The molecule has 16 heavy (non-hydrogen) atoms. The average Bonchev–Trinajstić information content (AvgIpc) is 2.28. The first kappa shape index (κ1) is 13.0. The fourth-order valence-electron chi connectivity index (χ4n) is 1.39. The Bertz CT molecular complexity index is 370. The van der Waals surface area contributed by atoms with E-state index in [4.69, 9.17) is 5.73 Å². The van der Waals surface area contributed by atoms with E-state index in [-0.39, 0.29) is 0 Å². The number of rotatable bonds is 5. The summed E-state index contributed by atoms with van der Waals surface area (Å²) in [6, 6.07) is 6.29. The molecule has 0 fully saturated rings. The molecular weight excluding hydrogens is 226 g/mol. The molecule has 0 bridgehead atoms. The molecule has 0 radical (unpaired) electrons. The van der Waals surface area contributed by atoms with Crippen molar-refractivity contribution < 1.29 is 15.0 Å². The molecule has 1 rings (SSSR count). The highest BCUT2D eigenvalue weighted by atomic mass is 32.1. The summed E-state index contributed by atoms with van der Waals surface area (Å²) < 4.78 is 0. The summed E-state index contributed by atoms with van der Waals surface area (Å²) >= 11 is 3.97. The Morgan fingerprint density at radius 3 is 2.69 bits per heavy atom. The number of hydrogen-bond acceptors (Lipinski definition) is 4. The number of thiol groups is 1. The van der Waals surface area contributed by atoms with E-state index in [0.29, 0.717) is 23.3 Å². The molecule has 0 aliphatic heterocycles. The highest BCUT2D eigenvalue weighted by Gasteiger charge is 2.18. The van der Waals surface area contributed by atoms with Gasteiger partial charge in [0.1, 0.15) is 6.10 Å². The molecule has 1 aromatic rings.